The Labute approximate surface area is 113 Å². The fourth-order valence-electron chi connectivity index (χ4n) is 2.15. The third-order valence-electron chi connectivity index (χ3n) is 3.12. The van der Waals surface area contributed by atoms with Gasteiger partial charge < -0.3 is 0 Å². The van der Waals surface area contributed by atoms with E-state index >= 15 is 0 Å². The van der Waals surface area contributed by atoms with E-state index in [1.807, 2.05) is 49.2 Å². The molecule has 0 aliphatic carbocycles. The lowest BCUT2D eigenvalue weighted by Crippen LogP contribution is -2.17. The van der Waals surface area contributed by atoms with E-state index < -0.39 is 0 Å². The molecule has 2 aromatic rings. The molecule has 0 aliphatic heterocycles. The van der Waals surface area contributed by atoms with Crippen molar-refractivity contribution in [1.82, 2.24) is 14.7 Å². The Kier molecular flexibility index (Phi) is 3.98. The third-order valence-corrected chi connectivity index (χ3v) is 3.12. The summed E-state index contributed by atoms with van der Waals surface area (Å²) in [6, 6.07) is 8.01. The lowest BCUT2D eigenvalue weighted by atomic mass is 10.1. The van der Waals surface area contributed by atoms with Crippen molar-refractivity contribution in [2.75, 3.05) is 7.05 Å². The van der Waals surface area contributed by atoms with Crippen molar-refractivity contribution in [3.63, 3.8) is 0 Å². The van der Waals surface area contributed by atoms with Crippen molar-refractivity contribution in [1.29, 1.82) is 5.26 Å². The van der Waals surface area contributed by atoms with Gasteiger partial charge in [0.15, 0.2) is 0 Å². The maximum absolute atomic E-state index is 8.86. The second-order valence-corrected chi connectivity index (χ2v) is 4.95. The predicted octanol–water partition coefficient (Wildman–Crippen LogP) is 2.23. The van der Waals surface area contributed by atoms with Gasteiger partial charge in [-0.05, 0) is 37.2 Å². The molecule has 0 saturated heterocycles. The van der Waals surface area contributed by atoms with Crippen molar-refractivity contribution >= 4 is 0 Å². The van der Waals surface area contributed by atoms with Gasteiger partial charge in [0, 0.05) is 31.9 Å². The summed E-state index contributed by atoms with van der Waals surface area (Å²) in [5, 5.41) is 13.0. The van der Waals surface area contributed by atoms with Crippen LogP contribution in [0.15, 0.2) is 30.6 Å². The van der Waals surface area contributed by atoms with Crippen LogP contribution in [0.5, 0.6) is 0 Å². The zero-order valence-corrected chi connectivity index (χ0v) is 11.6. The first-order valence-corrected chi connectivity index (χ1v) is 6.24. The second-order valence-electron chi connectivity index (χ2n) is 4.95. The van der Waals surface area contributed by atoms with Crippen LogP contribution in [-0.2, 0) is 20.1 Å². The van der Waals surface area contributed by atoms with Gasteiger partial charge in [-0.2, -0.15) is 10.4 Å². The van der Waals surface area contributed by atoms with Crippen LogP contribution in [0.4, 0.5) is 0 Å². The number of hydrogen-bond acceptors (Lipinski definition) is 3. The summed E-state index contributed by atoms with van der Waals surface area (Å²) in [6.45, 7) is 3.79. The highest BCUT2D eigenvalue weighted by Gasteiger charge is 2.06. The van der Waals surface area contributed by atoms with Crippen LogP contribution >= 0.6 is 0 Å². The molecule has 1 heterocycles. The Morgan fingerprint density at radius 2 is 2.16 bits per heavy atom. The average molecular weight is 254 g/mol. The lowest BCUT2D eigenvalue weighted by molar-refractivity contribution is 0.318. The fraction of sp³-hybridized carbons (Fsp3) is 0.333. The highest BCUT2D eigenvalue weighted by molar-refractivity contribution is 5.37. The molecule has 0 atom stereocenters. The van der Waals surface area contributed by atoms with E-state index in [4.69, 9.17) is 5.26 Å². The average Bonchev–Trinajstić information content (AvgIpc) is 2.77. The Morgan fingerprint density at radius 3 is 2.74 bits per heavy atom. The monoisotopic (exact) mass is 254 g/mol. The minimum atomic E-state index is 0.719. The molecule has 4 heteroatoms. The minimum Gasteiger partial charge on any atom is -0.298 e. The van der Waals surface area contributed by atoms with E-state index in [1.165, 1.54) is 11.1 Å². The van der Waals surface area contributed by atoms with Crippen molar-refractivity contribution < 1.29 is 0 Å². The molecule has 1 aromatic heterocycles. The number of benzene rings is 1. The van der Waals surface area contributed by atoms with Crippen LogP contribution in [0, 0.1) is 18.3 Å². The van der Waals surface area contributed by atoms with Crippen LogP contribution in [0.1, 0.15) is 22.3 Å². The van der Waals surface area contributed by atoms with Gasteiger partial charge >= 0.3 is 0 Å². The van der Waals surface area contributed by atoms with E-state index in [2.05, 4.69) is 23.1 Å². The summed E-state index contributed by atoms with van der Waals surface area (Å²) in [4.78, 5) is 2.24. The van der Waals surface area contributed by atoms with Crippen LogP contribution < -0.4 is 0 Å². The topological polar surface area (TPSA) is 44.9 Å². The summed E-state index contributed by atoms with van der Waals surface area (Å²) in [6.07, 6.45) is 3.92. The predicted molar refractivity (Wildman–Crippen MR) is 74.3 cm³/mol. The van der Waals surface area contributed by atoms with Gasteiger partial charge in [0.05, 0.1) is 17.8 Å². The van der Waals surface area contributed by atoms with Gasteiger partial charge in [-0.3, -0.25) is 9.58 Å². The molecule has 0 unspecified atom stereocenters. The van der Waals surface area contributed by atoms with Crippen molar-refractivity contribution in [3.8, 4) is 6.07 Å². The molecule has 4 nitrogen and oxygen atoms in total. The lowest BCUT2D eigenvalue weighted by Gasteiger charge is -2.17. The number of aryl methyl sites for hydroxylation is 2. The van der Waals surface area contributed by atoms with E-state index in [0.29, 0.717) is 0 Å². The smallest absolute Gasteiger partial charge is 0.0991 e. The minimum absolute atomic E-state index is 0.719. The summed E-state index contributed by atoms with van der Waals surface area (Å²) in [5.41, 5.74) is 4.34. The molecule has 0 spiro atoms. The Bertz CT molecular complexity index is 607. The summed E-state index contributed by atoms with van der Waals surface area (Å²) in [7, 11) is 4.01. The molecule has 0 fully saturated rings. The number of rotatable bonds is 4. The molecular formula is C15H18N4. The number of nitrogens with zero attached hydrogens (tertiary/aromatic N) is 4. The van der Waals surface area contributed by atoms with Gasteiger partial charge in [0.2, 0.25) is 0 Å². The SMILES string of the molecule is Cc1cc(C#N)ccc1CN(C)Cc1cnn(C)c1. The molecular weight excluding hydrogens is 236 g/mol. The highest BCUT2D eigenvalue weighted by atomic mass is 15.2. The first kappa shape index (κ1) is 13.3. The first-order chi connectivity index (χ1) is 9.08. The van der Waals surface area contributed by atoms with Gasteiger partial charge in [0.1, 0.15) is 0 Å². The molecule has 0 radical (unpaired) electrons. The second kappa shape index (κ2) is 5.68. The number of nitriles is 1. The van der Waals surface area contributed by atoms with Crippen LogP contribution in [-0.4, -0.2) is 21.7 Å². The first-order valence-electron chi connectivity index (χ1n) is 6.24. The summed E-state index contributed by atoms with van der Waals surface area (Å²) in [5.74, 6) is 0. The number of aromatic nitrogens is 2. The largest absolute Gasteiger partial charge is 0.298 e. The molecule has 98 valence electrons. The summed E-state index contributed by atoms with van der Waals surface area (Å²) < 4.78 is 1.82. The molecule has 1 aromatic carbocycles. The quantitative estimate of drug-likeness (QED) is 0.840. The molecule has 19 heavy (non-hydrogen) atoms. The Balaban J connectivity index is 2.03. The van der Waals surface area contributed by atoms with Gasteiger partial charge in [-0.1, -0.05) is 6.07 Å². The highest BCUT2D eigenvalue weighted by Crippen LogP contribution is 2.14. The molecule has 0 bridgehead atoms. The standard InChI is InChI=1S/C15H18N4/c1-12-6-13(7-16)4-5-15(12)11-18(2)9-14-8-17-19(3)10-14/h4-6,8,10H,9,11H2,1-3H3. The van der Waals surface area contributed by atoms with Crippen LogP contribution in [0.2, 0.25) is 0 Å². The summed E-state index contributed by atoms with van der Waals surface area (Å²) >= 11 is 0. The maximum atomic E-state index is 8.86. The molecule has 0 aliphatic rings. The van der Waals surface area contributed by atoms with E-state index in [1.54, 1.807) is 0 Å². The molecule has 0 N–H and O–H groups in total. The molecule has 0 amide bonds. The van der Waals surface area contributed by atoms with E-state index in [9.17, 15) is 0 Å². The van der Waals surface area contributed by atoms with Gasteiger partial charge in [-0.25, -0.2) is 0 Å². The van der Waals surface area contributed by atoms with Gasteiger partial charge in [0.25, 0.3) is 0 Å². The van der Waals surface area contributed by atoms with Crippen LogP contribution in [0.3, 0.4) is 0 Å². The Morgan fingerprint density at radius 1 is 1.37 bits per heavy atom. The zero-order valence-electron chi connectivity index (χ0n) is 11.6. The molecule has 0 saturated carbocycles. The normalized spacial score (nSPS) is 10.7. The zero-order chi connectivity index (χ0) is 13.8. The maximum Gasteiger partial charge on any atom is 0.0991 e. The third kappa shape index (κ3) is 3.43. The van der Waals surface area contributed by atoms with E-state index in [0.717, 1.165) is 24.2 Å². The molecule has 2 rings (SSSR count). The van der Waals surface area contributed by atoms with Crippen LogP contribution in [0.25, 0.3) is 0 Å². The van der Waals surface area contributed by atoms with Crippen molar-refractivity contribution in [3.05, 3.63) is 52.8 Å². The number of hydrogen-bond donors (Lipinski definition) is 0. The Hall–Kier alpha value is -2.12. The van der Waals surface area contributed by atoms with E-state index in [-0.39, 0.29) is 0 Å². The van der Waals surface area contributed by atoms with Crippen molar-refractivity contribution in [2.45, 2.75) is 20.0 Å². The fourth-order valence-corrected chi connectivity index (χ4v) is 2.15. The van der Waals surface area contributed by atoms with Crippen molar-refractivity contribution in [2.24, 2.45) is 7.05 Å². The van der Waals surface area contributed by atoms with Gasteiger partial charge in [-0.15, -0.1) is 0 Å².